The van der Waals surface area contributed by atoms with Crippen molar-refractivity contribution in [2.75, 3.05) is 56.2 Å². The lowest BCUT2D eigenvalue weighted by Gasteiger charge is -2.40. The Morgan fingerprint density at radius 3 is 2.36 bits per heavy atom. The molecule has 1 atom stereocenters. The number of nitrogens with zero attached hydrogens (tertiary/aromatic N) is 6. The predicted octanol–water partition coefficient (Wildman–Crippen LogP) is 6.54. The van der Waals surface area contributed by atoms with Crippen LogP contribution in [0.1, 0.15) is 43.1 Å². The number of carbonyl (C=O) groups is 2. The Balaban J connectivity index is 1.18. The van der Waals surface area contributed by atoms with E-state index in [0.29, 0.717) is 72.2 Å². The number of morpholine rings is 1. The minimum absolute atomic E-state index is 0.0920. The van der Waals surface area contributed by atoms with Crippen molar-refractivity contribution < 1.29 is 23.1 Å². The van der Waals surface area contributed by atoms with Gasteiger partial charge in [-0.25, -0.2) is 13.8 Å². The topological polar surface area (TPSA) is 74.2 Å². The van der Waals surface area contributed by atoms with Gasteiger partial charge in [0.1, 0.15) is 17.5 Å². The van der Waals surface area contributed by atoms with Gasteiger partial charge in [-0.05, 0) is 91.1 Å². The van der Waals surface area contributed by atoms with Crippen LogP contribution < -0.4 is 9.80 Å². The third-order valence-electron chi connectivity index (χ3n) is 11.0. The number of pyridine rings is 1. The van der Waals surface area contributed by atoms with E-state index < -0.39 is 11.6 Å². The Bertz CT molecular complexity index is 2200. The Kier molecular flexibility index (Phi) is 9.30. The molecule has 8 rings (SSSR count). The molecule has 0 bridgehead atoms. The quantitative estimate of drug-likeness (QED) is 0.191. The van der Waals surface area contributed by atoms with E-state index >= 15 is 4.39 Å². The van der Waals surface area contributed by atoms with Crippen molar-refractivity contribution in [1.82, 2.24) is 19.4 Å². The second-order valence-corrected chi connectivity index (χ2v) is 14.2. The van der Waals surface area contributed by atoms with Crippen molar-refractivity contribution in [3.05, 3.63) is 130 Å². The highest BCUT2D eigenvalue weighted by Gasteiger charge is 2.34. The van der Waals surface area contributed by atoms with Crippen molar-refractivity contribution in [3.63, 3.8) is 0 Å². The largest absolute Gasteiger partial charge is 0.379 e. The highest BCUT2D eigenvalue weighted by atomic mass is 19.1. The van der Waals surface area contributed by atoms with E-state index in [4.69, 9.17) is 4.74 Å². The van der Waals surface area contributed by atoms with Gasteiger partial charge in [-0.2, -0.15) is 0 Å². The van der Waals surface area contributed by atoms with E-state index in [1.165, 1.54) is 34.7 Å². The Morgan fingerprint density at radius 2 is 1.58 bits per heavy atom. The highest BCUT2D eigenvalue weighted by molar-refractivity contribution is 6.12. The molecule has 5 aromatic rings. The molecule has 9 nitrogen and oxygen atoms in total. The molecule has 3 aliphatic rings. The second kappa shape index (κ2) is 14.2. The summed E-state index contributed by atoms with van der Waals surface area (Å²) in [5.74, 6) is -0.584. The zero-order valence-electron chi connectivity index (χ0n) is 30.2. The summed E-state index contributed by atoms with van der Waals surface area (Å²) in [5.41, 5.74) is 6.67. The summed E-state index contributed by atoms with van der Waals surface area (Å²) < 4.78 is 36.7. The molecule has 0 saturated carbocycles. The van der Waals surface area contributed by atoms with E-state index in [1.807, 2.05) is 48.7 Å². The van der Waals surface area contributed by atoms with Crippen LogP contribution in [0.3, 0.4) is 0 Å². The first-order valence-corrected chi connectivity index (χ1v) is 18.1. The molecule has 0 aliphatic carbocycles. The van der Waals surface area contributed by atoms with Crippen LogP contribution in [-0.2, 0) is 31.2 Å². The average molecular weight is 717 g/mol. The lowest BCUT2D eigenvalue weighted by Crippen LogP contribution is -2.52. The molecule has 0 unspecified atom stereocenters. The molecule has 0 spiro atoms. The fourth-order valence-electron chi connectivity index (χ4n) is 7.94. The number of aromatic nitrogens is 2. The van der Waals surface area contributed by atoms with Crippen molar-refractivity contribution >= 4 is 29.0 Å². The van der Waals surface area contributed by atoms with E-state index in [0.717, 1.165) is 43.0 Å². The van der Waals surface area contributed by atoms with Gasteiger partial charge in [0, 0.05) is 81.1 Å². The van der Waals surface area contributed by atoms with Crippen LogP contribution in [0.15, 0.2) is 85.1 Å². The Morgan fingerprint density at radius 1 is 0.849 bits per heavy atom. The monoisotopic (exact) mass is 716 g/mol. The molecular formula is C42H42F2N6O3. The van der Waals surface area contributed by atoms with Crippen LogP contribution in [-0.4, -0.2) is 83.6 Å². The molecule has 3 aromatic carbocycles. The van der Waals surface area contributed by atoms with E-state index in [-0.39, 0.29) is 17.9 Å². The minimum atomic E-state index is -0.487. The molecule has 2 amide bonds. The fraction of sp³-hybridized carbons (Fsp3) is 0.310. The molecule has 1 fully saturated rings. The van der Waals surface area contributed by atoms with Gasteiger partial charge in [0.2, 0.25) is 0 Å². The van der Waals surface area contributed by atoms with Gasteiger partial charge in [-0.15, -0.1) is 0 Å². The zero-order chi connectivity index (χ0) is 36.8. The average Bonchev–Trinajstić information content (AvgIpc) is 3.69. The molecule has 3 aliphatic heterocycles. The van der Waals surface area contributed by atoms with Crippen molar-refractivity contribution in [3.8, 4) is 11.3 Å². The summed E-state index contributed by atoms with van der Waals surface area (Å²) in [5, 5.41) is 0. The number of hydrogen-bond acceptors (Lipinski definition) is 6. The van der Waals surface area contributed by atoms with Crippen LogP contribution in [0.25, 0.3) is 11.3 Å². The highest BCUT2D eigenvalue weighted by Crippen LogP contribution is 2.36. The minimum Gasteiger partial charge on any atom is -0.379 e. The maximum atomic E-state index is 15.2. The van der Waals surface area contributed by atoms with Gasteiger partial charge in [0.05, 0.1) is 30.7 Å². The number of rotatable bonds is 7. The first-order valence-electron chi connectivity index (χ1n) is 18.1. The van der Waals surface area contributed by atoms with Crippen LogP contribution in [0.2, 0.25) is 0 Å². The van der Waals surface area contributed by atoms with Crippen LogP contribution in [0.4, 0.5) is 26.0 Å². The Hall–Kier alpha value is -5.39. The lowest BCUT2D eigenvalue weighted by molar-refractivity contribution is 0.0193. The van der Waals surface area contributed by atoms with Gasteiger partial charge in [-0.3, -0.25) is 19.4 Å². The normalized spacial score (nSPS) is 17.1. The van der Waals surface area contributed by atoms with E-state index in [9.17, 15) is 14.0 Å². The maximum Gasteiger partial charge on any atom is 0.264 e. The summed E-state index contributed by atoms with van der Waals surface area (Å²) in [6, 6.07) is 21.9. The standard InChI is InChI=1S/C42H42F2N6O3/c1-27-37(42(52)50(33-11-8-31(43)9-12-33)34-21-29-14-15-46(2)40(29)45-24-34)23-39(47(27)3)38-22-32(44)10-13-36(38)41(51)49-25-30-7-5-4-6-28(30)20-35(49)26-48-16-18-53-19-17-48/h4-13,21-24,35H,14-20,25-26H2,1-3H3/t35-/m0/s1. The first kappa shape index (κ1) is 34.7. The van der Waals surface area contributed by atoms with E-state index in [1.54, 1.807) is 30.5 Å². The number of ether oxygens (including phenoxy) is 1. The van der Waals surface area contributed by atoms with Crippen molar-refractivity contribution in [2.24, 2.45) is 7.05 Å². The Labute approximate surface area is 308 Å². The predicted molar refractivity (Wildman–Crippen MR) is 201 cm³/mol. The summed E-state index contributed by atoms with van der Waals surface area (Å²) in [6.07, 6.45) is 3.16. The summed E-state index contributed by atoms with van der Waals surface area (Å²) >= 11 is 0. The second-order valence-electron chi connectivity index (χ2n) is 14.2. The molecule has 53 heavy (non-hydrogen) atoms. The molecule has 0 N–H and O–H groups in total. The van der Waals surface area contributed by atoms with Crippen LogP contribution >= 0.6 is 0 Å². The summed E-state index contributed by atoms with van der Waals surface area (Å²) in [6.45, 7) is 6.71. The maximum absolute atomic E-state index is 15.2. The van der Waals surface area contributed by atoms with E-state index in [2.05, 4.69) is 26.9 Å². The lowest BCUT2D eigenvalue weighted by atomic mass is 9.92. The molecule has 11 heteroatoms. The van der Waals surface area contributed by atoms with Gasteiger partial charge >= 0.3 is 0 Å². The number of likely N-dealkylation sites (N-methyl/N-ethyl adjacent to an activating group) is 1. The van der Waals surface area contributed by atoms with Crippen LogP contribution in [0.5, 0.6) is 0 Å². The summed E-state index contributed by atoms with van der Waals surface area (Å²) in [7, 11) is 3.80. The molecule has 1 saturated heterocycles. The number of fused-ring (bicyclic) bond motifs is 2. The van der Waals surface area contributed by atoms with Crippen molar-refractivity contribution in [2.45, 2.75) is 32.4 Å². The fourth-order valence-corrected chi connectivity index (χ4v) is 7.94. The number of benzene rings is 3. The zero-order valence-corrected chi connectivity index (χ0v) is 30.2. The number of hydrogen-bond donors (Lipinski definition) is 0. The number of carbonyl (C=O) groups excluding carboxylic acids is 2. The molecule has 2 aromatic heterocycles. The summed E-state index contributed by atoms with van der Waals surface area (Å²) in [4.78, 5) is 42.0. The van der Waals surface area contributed by atoms with Crippen LogP contribution in [0, 0.1) is 18.6 Å². The van der Waals surface area contributed by atoms with Gasteiger partial charge in [0.25, 0.3) is 11.8 Å². The third-order valence-corrected chi connectivity index (χ3v) is 11.0. The third kappa shape index (κ3) is 6.59. The first-order chi connectivity index (χ1) is 25.7. The SMILES string of the molecule is Cc1c(C(=O)N(c2ccc(F)cc2)c2cnc3c(c2)CCN3C)cc(-c2cc(F)ccc2C(=O)N2Cc3ccccc3C[C@H]2CN2CCOCC2)n1C. The van der Waals surface area contributed by atoms with Crippen molar-refractivity contribution in [1.29, 1.82) is 0 Å². The van der Waals surface area contributed by atoms with Gasteiger partial charge < -0.3 is 19.1 Å². The molecular weight excluding hydrogens is 674 g/mol. The number of anilines is 3. The number of halogens is 2. The molecule has 0 radical (unpaired) electrons. The van der Waals surface area contributed by atoms with Gasteiger partial charge in [0.15, 0.2) is 0 Å². The molecule has 272 valence electrons. The molecule has 5 heterocycles. The number of amides is 2. The smallest absolute Gasteiger partial charge is 0.264 e. The van der Waals surface area contributed by atoms with Gasteiger partial charge in [-0.1, -0.05) is 24.3 Å².